The second kappa shape index (κ2) is 3.29. The molecule has 1 heterocycles. The molecule has 14 heavy (non-hydrogen) atoms. The fourth-order valence-electron chi connectivity index (χ4n) is 1.47. The molecule has 0 aliphatic rings. The first-order valence-electron chi connectivity index (χ1n) is 4.32. The molecule has 0 saturated carbocycles. The summed E-state index contributed by atoms with van der Waals surface area (Å²) in [5.74, 6) is 0. The van der Waals surface area contributed by atoms with Crippen molar-refractivity contribution in [3.05, 3.63) is 32.5 Å². The summed E-state index contributed by atoms with van der Waals surface area (Å²) in [7, 11) is 0. The third-order valence-electron chi connectivity index (χ3n) is 2.31. The van der Waals surface area contributed by atoms with E-state index in [2.05, 4.69) is 22.1 Å². The summed E-state index contributed by atoms with van der Waals surface area (Å²) < 4.78 is 1.20. The molecule has 72 valence electrons. The van der Waals surface area contributed by atoms with Crippen molar-refractivity contribution in [2.24, 2.45) is 0 Å². The van der Waals surface area contributed by atoms with Crippen LogP contribution in [-0.4, -0.2) is 9.97 Å². The van der Waals surface area contributed by atoms with Crippen molar-refractivity contribution in [1.29, 1.82) is 0 Å². The van der Waals surface area contributed by atoms with Gasteiger partial charge in [-0.25, -0.2) is 0 Å². The second-order valence-corrected chi connectivity index (χ2v) is 4.17. The summed E-state index contributed by atoms with van der Waals surface area (Å²) in [5, 5.41) is 0. The summed E-state index contributed by atoms with van der Waals surface area (Å²) >= 11 is 10.2. The van der Waals surface area contributed by atoms with Gasteiger partial charge in [0.25, 0.3) is 0 Å². The number of benzene rings is 1. The number of nitrogens with one attached hydrogen (secondary N) is 2. The molecule has 0 atom stereocenters. The molecule has 0 saturated heterocycles. The topological polar surface area (TPSA) is 31.6 Å². The van der Waals surface area contributed by atoms with Gasteiger partial charge in [-0.1, -0.05) is 36.6 Å². The maximum absolute atomic E-state index is 5.09. The lowest BCUT2D eigenvalue weighted by Crippen LogP contribution is -1.91. The van der Waals surface area contributed by atoms with Gasteiger partial charge in [-0.15, -0.1) is 0 Å². The van der Waals surface area contributed by atoms with Crippen molar-refractivity contribution in [2.75, 3.05) is 0 Å². The van der Waals surface area contributed by atoms with Crippen LogP contribution < -0.4 is 0 Å². The second-order valence-electron chi connectivity index (χ2n) is 3.36. The lowest BCUT2D eigenvalue weighted by Gasteiger charge is -2.05. The predicted octanol–water partition coefficient (Wildman–Crippen LogP) is 3.57. The van der Waals surface area contributed by atoms with E-state index in [1.807, 2.05) is 13.8 Å². The number of aryl methyl sites for hydroxylation is 2. The van der Waals surface area contributed by atoms with Crippen LogP contribution in [0.4, 0.5) is 0 Å². The molecule has 0 amide bonds. The quantitative estimate of drug-likeness (QED) is 0.668. The van der Waals surface area contributed by atoms with Gasteiger partial charge in [0, 0.05) is 0 Å². The minimum Gasteiger partial charge on any atom is -0.342 e. The van der Waals surface area contributed by atoms with Gasteiger partial charge >= 0.3 is 0 Å². The average molecular weight is 222 g/mol. The summed E-state index contributed by atoms with van der Waals surface area (Å²) in [6.07, 6.45) is 0. The number of hydrogen-bond donors (Lipinski definition) is 2. The normalized spacial score (nSPS) is 10.7. The molecule has 2 N–H and O–H groups in total. The first kappa shape index (κ1) is 9.55. The molecule has 2 nitrogen and oxygen atoms in total. The van der Waals surface area contributed by atoms with Gasteiger partial charge in [-0.3, -0.25) is 0 Å². The third-order valence-corrected chi connectivity index (χ3v) is 3.05. The fourth-order valence-corrected chi connectivity index (χ4v) is 1.78. The Balaban J connectivity index is 3.09. The van der Waals surface area contributed by atoms with Crippen LogP contribution in [-0.2, 0) is 0 Å². The van der Waals surface area contributed by atoms with Crippen LogP contribution >= 0.6 is 24.4 Å². The molecule has 0 aliphatic carbocycles. The molecule has 0 fully saturated rings. The van der Waals surface area contributed by atoms with E-state index in [-0.39, 0.29) is 0 Å². The summed E-state index contributed by atoms with van der Waals surface area (Å²) in [5.41, 5.74) is 4.43. The Labute approximate surface area is 92.0 Å². The number of hydrogen-bond acceptors (Lipinski definition) is 2. The molecule has 1 aromatic carbocycles. The molecule has 0 unspecified atom stereocenters. The van der Waals surface area contributed by atoms with E-state index < -0.39 is 0 Å². The molecule has 2 aromatic rings. The van der Waals surface area contributed by atoms with Crippen molar-refractivity contribution in [1.82, 2.24) is 9.97 Å². The molecule has 0 radical (unpaired) electrons. The Morgan fingerprint density at radius 3 is 1.57 bits per heavy atom. The van der Waals surface area contributed by atoms with E-state index in [4.69, 9.17) is 24.4 Å². The maximum atomic E-state index is 5.09. The highest BCUT2D eigenvalue weighted by atomic mass is 32.1. The summed E-state index contributed by atoms with van der Waals surface area (Å²) in [6.45, 7) is 4.09. The zero-order chi connectivity index (χ0) is 10.3. The SMILES string of the molecule is Cc1ccc(C)c2[nH]c(=S)c(=S)[nH]c12. The van der Waals surface area contributed by atoms with Gasteiger partial charge in [0.05, 0.1) is 11.0 Å². The van der Waals surface area contributed by atoms with Crippen LogP contribution in [0.5, 0.6) is 0 Å². The highest BCUT2D eigenvalue weighted by Gasteiger charge is 2.01. The van der Waals surface area contributed by atoms with E-state index in [9.17, 15) is 0 Å². The van der Waals surface area contributed by atoms with Crippen molar-refractivity contribution < 1.29 is 0 Å². The minimum atomic E-state index is 0.598. The molecular weight excluding hydrogens is 212 g/mol. The largest absolute Gasteiger partial charge is 0.342 e. The molecule has 0 aliphatic heterocycles. The zero-order valence-corrected chi connectivity index (χ0v) is 9.60. The molecular formula is C10H10N2S2. The molecule has 2 rings (SSSR count). The minimum absolute atomic E-state index is 0.598. The van der Waals surface area contributed by atoms with Crippen LogP contribution in [0.25, 0.3) is 11.0 Å². The summed E-state index contributed by atoms with van der Waals surface area (Å²) in [6, 6.07) is 4.14. The van der Waals surface area contributed by atoms with Gasteiger partial charge < -0.3 is 9.97 Å². The van der Waals surface area contributed by atoms with Crippen molar-refractivity contribution in [3.63, 3.8) is 0 Å². The van der Waals surface area contributed by atoms with Crippen LogP contribution in [0.15, 0.2) is 12.1 Å². The molecule has 1 aromatic heterocycles. The Hall–Kier alpha value is -1.00. The van der Waals surface area contributed by atoms with Crippen LogP contribution in [0.1, 0.15) is 11.1 Å². The standard InChI is InChI=1S/C10H10N2S2/c1-5-3-4-6(2)8-7(5)11-9(13)10(14)12-8/h3-4H,1-2H3,(H,11,13)(H,12,14). The predicted molar refractivity (Wildman–Crippen MR) is 63.8 cm³/mol. The Morgan fingerprint density at radius 2 is 1.21 bits per heavy atom. The highest BCUT2D eigenvalue weighted by molar-refractivity contribution is 7.73. The number of aromatic nitrogens is 2. The first-order valence-corrected chi connectivity index (χ1v) is 5.14. The number of rotatable bonds is 0. The van der Waals surface area contributed by atoms with Gasteiger partial charge in [0.2, 0.25) is 0 Å². The molecule has 4 heteroatoms. The highest BCUT2D eigenvalue weighted by Crippen LogP contribution is 2.17. The Morgan fingerprint density at radius 1 is 0.857 bits per heavy atom. The summed E-state index contributed by atoms with van der Waals surface area (Å²) in [4.78, 5) is 6.29. The van der Waals surface area contributed by atoms with E-state index in [0.29, 0.717) is 9.28 Å². The number of aromatic amines is 2. The molecule has 0 bridgehead atoms. The number of H-pyrrole nitrogens is 2. The number of fused-ring (bicyclic) bond motifs is 1. The van der Waals surface area contributed by atoms with Gasteiger partial charge in [-0.05, 0) is 25.0 Å². The first-order chi connectivity index (χ1) is 6.59. The van der Waals surface area contributed by atoms with Crippen LogP contribution in [0, 0.1) is 23.1 Å². The maximum Gasteiger partial charge on any atom is 0.138 e. The van der Waals surface area contributed by atoms with E-state index in [1.54, 1.807) is 0 Å². The lowest BCUT2D eigenvalue weighted by atomic mass is 10.1. The monoisotopic (exact) mass is 222 g/mol. The van der Waals surface area contributed by atoms with E-state index >= 15 is 0 Å². The molecule has 0 spiro atoms. The van der Waals surface area contributed by atoms with Crippen molar-refractivity contribution >= 4 is 35.5 Å². The van der Waals surface area contributed by atoms with Gasteiger partial charge in [0.15, 0.2) is 0 Å². The van der Waals surface area contributed by atoms with Crippen LogP contribution in [0.2, 0.25) is 0 Å². The van der Waals surface area contributed by atoms with E-state index in [1.165, 1.54) is 11.1 Å². The lowest BCUT2D eigenvalue weighted by molar-refractivity contribution is 1.21. The third kappa shape index (κ3) is 1.40. The van der Waals surface area contributed by atoms with Crippen LogP contribution in [0.3, 0.4) is 0 Å². The fraction of sp³-hybridized carbons (Fsp3) is 0.200. The van der Waals surface area contributed by atoms with Crippen molar-refractivity contribution in [3.8, 4) is 0 Å². The van der Waals surface area contributed by atoms with Gasteiger partial charge in [-0.2, -0.15) is 0 Å². The average Bonchev–Trinajstić information content (AvgIpc) is 2.15. The van der Waals surface area contributed by atoms with Crippen molar-refractivity contribution in [2.45, 2.75) is 13.8 Å². The van der Waals surface area contributed by atoms with Gasteiger partial charge in [0.1, 0.15) is 9.28 Å². The smallest absolute Gasteiger partial charge is 0.138 e. The zero-order valence-electron chi connectivity index (χ0n) is 7.97. The van der Waals surface area contributed by atoms with E-state index in [0.717, 1.165) is 11.0 Å². The Bertz CT molecular complexity index is 553. The Kier molecular flexibility index (Phi) is 2.25.